The van der Waals surface area contributed by atoms with Crippen LogP contribution in [0.2, 0.25) is 0 Å². The fourth-order valence-electron chi connectivity index (χ4n) is 2.56. The quantitative estimate of drug-likeness (QED) is 0.709. The molecular formula is C12H13FN2O. The normalized spacial score (nSPS) is 23.4. The van der Waals surface area contributed by atoms with Gasteiger partial charge in [0.25, 0.3) is 0 Å². The van der Waals surface area contributed by atoms with Crippen LogP contribution >= 0.6 is 0 Å². The van der Waals surface area contributed by atoms with E-state index in [2.05, 4.69) is 5.32 Å². The van der Waals surface area contributed by atoms with Crippen LogP contribution in [0, 0.1) is 5.82 Å². The van der Waals surface area contributed by atoms with Crippen LogP contribution in [-0.2, 0) is 11.2 Å². The van der Waals surface area contributed by atoms with E-state index >= 15 is 0 Å². The molecule has 1 amide bonds. The van der Waals surface area contributed by atoms with E-state index in [0.29, 0.717) is 19.1 Å². The van der Waals surface area contributed by atoms with Gasteiger partial charge in [-0.2, -0.15) is 0 Å². The SMILES string of the molecule is O=C1CN2c3cc(F)ccc3CCC2CN1. The highest BCUT2D eigenvalue weighted by Crippen LogP contribution is 2.31. The molecule has 3 nitrogen and oxygen atoms in total. The summed E-state index contributed by atoms with van der Waals surface area (Å²) in [7, 11) is 0. The van der Waals surface area contributed by atoms with E-state index in [1.165, 1.54) is 6.07 Å². The van der Waals surface area contributed by atoms with Crippen LogP contribution in [-0.4, -0.2) is 25.0 Å². The molecule has 2 heterocycles. The number of rotatable bonds is 0. The third-order valence-corrected chi connectivity index (χ3v) is 3.39. The lowest BCUT2D eigenvalue weighted by Crippen LogP contribution is -2.56. The molecule has 2 aliphatic rings. The summed E-state index contributed by atoms with van der Waals surface area (Å²) in [6.07, 6.45) is 1.99. The summed E-state index contributed by atoms with van der Waals surface area (Å²) in [5, 5.41) is 2.85. The standard InChI is InChI=1S/C12H13FN2O/c13-9-3-1-8-2-4-10-6-14-12(16)7-15(10)11(8)5-9/h1,3,5,10H,2,4,6-7H2,(H,14,16). The third-order valence-electron chi connectivity index (χ3n) is 3.39. The van der Waals surface area contributed by atoms with Gasteiger partial charge in [0.2, 0.25) is 5.91 Å². The minimum Gasteiger partial charge on any atom is -0.357 e. The molecule has 1 aromatic rings. The van der Waals surface area contributed by atoms with Gasteiger partial charge in [-0.15, -0.1) is 0 Å². The lowest BCUT2D eigenvalue weighted by atomic mass is 9.94. The van der Waals surface area contributed by atoms with Crippen LogP contribution in [0.5, 0.6) is 0 Å². The van der Waals surface area contributed by atoms with Crippen molar-refractivity contribution in [2.75, 3.05) is 18.0 Å². The minimum atomic E-state index is -0.231. The number of halogens is 1. The van der Waals surface area contributed by atoms with Gasteiger partial charge in [0.15, 0.2) is 0 Å². The second-order valence-electron chi connectivity index (χ2n) is 4.40. The van der Waals surface area contributed by atoms with Gasteiger partial charge in [-0.3, -0.25) is 4.79 Å². The van der Waals surface area contributed by atoms with Gasteiger partial charge >= 0.3 is 0 Å². The molecule has 1 N–H and O–H groups in total. The molecule has 0 bridgehead atoms. The summed E-state index contributed by atoms with van der Waals surface area (Å²) in [4.78, 5) is 13.4. The number of piperazine rings is 1. The number of carbonyl (C=O) groups is 1. The van der Waals surface area contributed by atoms with Crippen LogP contribution in [0.25, 0.3) is 0 Å². The Balaban J connectivity index is 2.02. The van der Waals surface area contributed by atoms with Gasteiger partial charge in [-0.05, 0) is 30.5 Å². The zero-order valence-corrected chi connectivity index (χ0v) is 8.87. The lowest BCUT2D eigenvalue weighted by Gasteiger charge is -2.41. The molecule has 0 spiro atoms. The zero-order valence-electron chi connectivity index (χ0n) is 8.87. The highest BCUT2D eigenvalue weighted by molar-refractivity contribution is 5.83. The largest absolute Gasteiger partial charge is 0.357 e. The maximum Gasteiger partial charge on any atom is 0.239 e. The van der Waals surface area contributed by atoms with Gasteiger partial charge in [-0.1, -0.05) is 6.07 Å². The maximum atomic E-state index is 13.2. The van der Waals surface area contributed by atoms with Crippen molar-refractivity contribution in [2.24, 2.45) is 0 Å². The van der Waals surface area contributed by atoms with Crippen LogP contribution in [0.15, 0.2) is 18.2 Å². The first-order valence-corrected chi connectivity index (χ1v) is 5.56. The van der Waals surface area contributed by atoms with E-state index in [9.17, 15) is 9.18 Å². The Bertz CT molecular complexity index is 447. The van der Waals surface area contributed by atoms with Crippen molar-refractivity contribution in [2.45, 2.75) is 18.9 Å². The van der Waals surface area contributed by atoms with Gasteiger partial charge < -0.3 is 10.2 Å². The highest BCUT2D eigenvalue weighted by Gasteiger charge is 2.31. The van der Waals surface area contributed by atoms with Gasteiger partial charge in [0.1, 0.15) is 5.82 Å². The Kier molecular flexibility index (Phi) is 2.09. The highest BCUT2D eigenvalue weighted by atomic mass is 19.1. The van der Waals surface area contributed by atoms with Crippen LogP contribution in [0.3, 0.4) is 0 Å². The summed E-state index contributed by atoms with van der Waals surface area (Å²) >= 11 is 0. The second-order valence-corrected chi connectivity index (χ2v) is 4.40. The van der Waals surface area contributed by atoms with Crippen molar-refractivity contribution < 1.29 is 9.18 Å². The van der Waals surface area contributed by atoms with Crippen LogP contribution in [0.1, 0.15) is 12.0 Å². The third kappa shape index (κ3) is 1.45. The molecule has 3 rings (SSSR count). The number of anilines is 1. The van der Waals surface area contributed by atoms with Gasteiger partial charge in [0, 0.05) is 18.3 Å². The Morgan fingerprint density at radius 3 is 3.19 bits per heavy atom. The van der Waals surface area contributed by atoms with Crippen molar-refractivity contribution >= 4 is 11.6 Å². The summed E-state index contributed by atoms with van der Waals surface area (Å²) in [6, 6.07) is 5.18. The molecule has 1 atom stereocenters. The first-order chi connectivity index (χ1) is 7.74. The van der Waals surface area contributed by atoms with E-state index < -0.39 is 0 Å². The van der Waals surface area contributed by atoms with Crippen molar-refractivity contribution in [3.8, 4) is 0 Å². The molecule has 84 valence electrons. The average Bonchev–Trinajstić information content (AvgIpc) is 2.29. The first kappa shape index (κ1) is 9.63. The van der Waals surface area contributed by atoms with E-state index in [4.69, 9.17) is 0 Å². The summed E-state index contributed by atoms with van der Waals surface area (Å²) in [5.41, 5.74) is 2.04. The molecule has 2 aliphatic heterocycles. The number of aryl methyl sites for hydroxylation is 1. The zero-order chi connectivity index (χ0) is 11.1. The fraction of sp³-hybridized carbons (Fsp3) is 0.417. The number of hydrogen-bond donors (Lipinski definition) is 1. The van der Waals surface area contributed by atoms with E-state index in [1.807, 2.05) is 11.0 Å². The summed E-state index contributed by atoms with van der Waals surface area (Å²) in [5.74, 6) is -0.209. The lowest BCUT2D eigenvalue weighted by molar-refractivity contribution is -0.120. The monoisotopic (exact) mass is 220 g/mol. The number of carbonyl (C=O) groups excluding carboxylic acids is 1. The van der Waals surface area contributed by atoms with E-state index in [-0.39, 0.29) is 11.7 Å². The van der Waals surface area contributed by atoms with E-state index in [1.54, 1.807) is 6.07 Å². The molecule has 1 unspecified atom stereocenters. The Labute approximate surface area is 93.2 Å². The summed E-state index contributed by atoms with van der Waals surface area (Å²) < 4.78 is 13.2. The molecule has 0 aromatic heterocycles. The average molecular weight is 220 g/mol. The van der Waals surface area contributed by atoms with Crippen molar-refractivity contribution in [1.29, 1.82) is 0 Å². The molecule has 0 saturated carbocycles. The van der Waals surface area contributed by atoms with Gasteiger partial charge in [-0.25, -0.2) is 4.39 Å². The molecule has 1 fully saturated rings. The molecule has 0 aliphatic carbocycles. The molecule has 16 heavy (non-hydrogen) atoms. The first-order valence-electron chi connectivity index (χ1n) is 5.56. The van der Waals surface area contributed by atoms with Crippen LogP contribution in [0.4, 0.5) is 10.1 Å². The number of benzene rings is 1. The number of nitrogens with one attached hydrogen (secondary N) is 1. The predicted molar refractivity (Wildman–Crippen MR) is 58.9 cm³/mol. The van der Waals surface area contributed by atoms with Crippen molar-refractivity contribution in [3.05, 3.63) is 29.6 Å². The van der Waals surface area contributed by atoms with Gasteiger partial charge in [0.05, 0.1) is 6.54 Å². The molecular weight excluding hydrogens is 207 g/mol. The molecule has 0 radical (unpaired) electrons. The maximum absolute atomic E-state index is 13.2. The number of amides is 1. The van der Waals surface area contributed by atoms with E-state index in [0.717, 1.165) is 24.1 Å². The van der Waals surface area contributed by atoms with Crippen LogP contribution < -0.4 is 10.2 Å². The van der Waals surface area contributed by atoms with Crippen molar-refractivity contribution in [1.82, 2.24) is 5.32 Å². The number of nitrogens with zero attached hydrogens (tertiary/aromatic N) is 1. The summed E-state index contributed by atoms with van der Waals surface area (Å²) in [6.45, 7) is 1.02. The van der Waals surface area contributed by atoms with Crippen molar-refractivity contribution in [3.63, 3.8) is 0 Å². The smallest absolute Gasteiger partial charge is 0.239 e. The molecule has 1 aromatic carbocycles. The topological polar surface area (TPSA) is 32.3 Å². The fourth-order valence-corrected chi connectivity index (χ4v) is 2.56. The Morgan fingerprint density at radius 2 is 2.31 bits per heavy atom. The minimum absolute atomic E-state index is 0.0216. The number of hydrogen-bond acceptors (Lipinski definition) is 2. The molecule has 4 heteroatoms. The number of fused-ring (bicyclic) bond motifs is 3. The Morgan fingerprint density at radius 1 is 1.44 bits per heavy atom. The second kappa shape index (κ2) is 3.47. The molecule has 1 saturated heterocycles. The Hall–Kier alpha value is -1.58. The predicted octanol–water partition coefficient (Wildman–Crippen LogP) is 1.08.